The summed E-state index contributed by atoms with van der Waals surface area (Å²) >= 11 is 1.79. The van der Waals surface area contributed by atoms with Gasteiger partial charge in [-0.3, -0.25) is 0 Å². The van der Waals surface area contributed by atoms with Gasteiger partial charge in [0.05, 0.1) is 0 Å². The predicted octanol–water partition coefficient (Wildman–Crippen LogP) is 2.28. The molecule has 0 amide bonds. The van der Waals surface area contributed by atoms with E-state index in [1.54, 1.807) is 11.8 Å². The van der Waals surface area contributed by atoms with Gasteiger partial charge in [-0.15, -0.1) is 11.8 Å². The van der Waals surface area contributed by atoms with Gasteiger partial charge in [0.1, 0.15) is 0 Å². The second kappa shape index (κ2) is 1.52. The fourth-order valence-electron chi connectivity index (χ4n) is 0.843. The molecular weight excluding hydrogens is 116 g/mol. The van der Waals surface area contributed by atoms with Crippen LogP contribution in [0.4, 0.5) is 0 Å². The van der Waals surface area contributed by atoms with Gasteiger partial charge < -0.3 is 0 Å². The second-order valence-electron chi connectivity index (χ2n) is 1.77. The van der Waals surface area contributed by atoms with Crippen molar-refractivity contribution in [2.24, 2.45) is 0 Å². The van der Waals surface area contributed by atoms with Crippen LogP contribution in [0.5, 0.6) is 0 Å². The first kappa shape index (κ1) is 4.45. The molecule has 0 atom stereocenters. The normalized spacial score (nSPS) is 23.0. The van der Waals surface area contributed by atoms with Crippen LogP contribution in [-0.2, 0) is 0 Å². The van der Waals surface area contributed by atoms with Crippen LogP contribution in [0.3, 0.4) is 0 Å². The standard InChI is InChI=1S/C7H5S/c1-2-6-4-5-8-7(6)3-1/h1-5H. The summed E-state index contributed by atoms with van der Waals surface area (Å²) in [6.45, 7) is 0. The first-order valence-electron chi connectivity index (χ1n) is 2.56. The van der Waals surface area contributed by atoms with E-state index in [0.29, 0.717) is 0 Å². The Morgan fingerprint density at radius 1 is 1.25 bits per heavy atom. The van der Waals surface area contributed by atoms with E-state index in [2.05, 4.69) is 30.1 Å². The third-order valence-corrected chi connectivity index (χ3v) is 2.15. The molecule has 0 nitrogen and oxygen atoms in total. The predicted molar refractivity (Wildman–Crippen MR) is 37.2 cm³/mol. The van der Waals surface area contributed by atoms with Crippen molar-refractivity contribution in [2.45, 2.75) is 0 Å². The first-order valence-corrected chi connectivity index (χ1v) is 3.44. The van der Waals surface area contributed by atoms with Crippen LogP contribution in [0, 0.1) is 5.75 Å². The Kier molecular flexibility index (Phi) is 0.847. The Labute approximate surface area is 53.0 Å². The number of hydrogen-bond acceptors (Lipinski definition) is 1. The van der Waals surface area contributed by atoms with Crippen LogP contribution in [0.2, 0.25) is 0 Å². The Morgan fingerprint density at radius 3 is 3.12 bits per heavy atom. The van der Waals surface area contributed by atoms with E-state index >= 15 is 0 Å². The average molecular weight is 121 g/mol. The fourth-order valence-corrected chi connectivity index (χ4v) is 1.63. The van der Waals surface area contributed by atoms with E-state index in [4.69, 9.17) is 0 Å². The smallest absolute Gasteiger partial charge is 0.0441 e. The average Bonchev–Trinajstić information content (AvgIpc) is 2.15. The van der Waals surface area contributed by atoms with Crippen molar-refractivity contribution < 1.29 is 0 Å². The number of hydrogen-bond donors (Lipinski definition) is 0. The van der Waals surface area contributed by atoms with Crippen LogP contribution in [0.1, 0.15) is 0 Å². The Bertz CT molecular complexity index is 196. The van der Waals surface area contributed by atoms with E-state index in [1.807, 2.05) is 0 Å². The lowest BCUT2D eigenvalue weighted by molar-refractivity contribution is 1.76. The lowest BCUT2D eigenvalue weighted by Gasteiger charge is -1.87. The molecule has 1 radical (unpaired) electrons. The van der Waals surface area contributed by atoms with Crippen molar-refractivity contribution in [1.29, 1.82) is 0 Å². The van der Waals surface area contributed by atoms with Gasteiger partial charge in [0.25, 0.3) is 0 Å². The molecular formula is C7H5S. The Hall–Kier alpha value is -0.430. The summed E-state index contributed by atoms with van der Waals surface area (Å²) < 4.78 is 0. The summed E-state index contributed by atoms with van der Waals surface area (Å²) in [5.41, 5.74) is 1.37. The van der Waals surface area contributed by atoms with Gasteiger partial charge >= 0.3 is 0 Å². The first-order chi connectivity index (χ1) is 3.97. The summed E-state index contributed by atoms with van der Waals surface area (Å²) in [4.78, 5) is 1.39. The highest BCUT2D eigenvalue weighted by atomic mass is 32.2. The zero-order valence-corrected chi connectivity index (χ0v) is 5.11. The van der Waals surface area contributed by atoms with Crippen molar-refractivity contribution in [3.63, 3.8) is 0 Å². The lowest BCUT2D eigenvalue weighted by Crippen LogP contribution is -1.63. The summed E-state index contributed by atoms with van der Waals surface area (Å²) in [5, 5.41) is 0. The van der Waals surface area contributed by atoms with E-state index < -0.39 is 0 Å². The van der Waals surface area contributed by atoms with Crippen LogP contribution >= 0.6 is 11.8 Å². The minimum absolute atomic E-state index is 1.37. The highest BCUT2D eigenvalue weighted by Gasteiger charge is 2.11. The van der Waals surface area contributed by atoms with Gasteiger partial charge in [-0.2, -0.15) is 0 Å². The molecule has 0 bridgehead atoms. The molecule has 1 heterocycles. The molecule has 0 N–H and O–H groups in total. The molecule has 39 valence electrons. The number of allylic oxidation sites excluding steroid dienone is 4. The summed E-state index contributed by atoms with van der Waals surface area (Å²) in [6, 6.07) is 0. The van der Waals surface area contributed by atoms with Crippen LogP contribution in [-0.4, -0.2) is 0 Å². The molecule has 0 aromatic heterocycles. The maximum absolute atomic E-state index is 2.14. The molecule has 8 heavy (non-hydrogen) atoms. The van der Waals surface area contributed by atoms with Gasteiger partial charge in [-0.25, -0.2) is 0 Å². The van der Waals surface area contributed by atoms with Crippen molar-refractivity contribution in [3.05, 3.63) is 40.5 Å². The van der Waals surface area contributed by atoms with E-state index in [1.165, 1.54) is 10.5 Å². The third kappa shape index (κ3) is 0.480. The third-order valence-electron chi connectivity index (χ3n) is 1.25. The van der Waals surface area contributed by atoms with Gasteiger partial charge in [-0.05, 0) is 11.6 Å². The van der Waals surface area contributed by atoms with Gasteiger partial charge in [-0.1, -0.05) is 18.2 Å². The Balaban J connectivity index is 2.49. The molecule has 1 heteroatoms. The zero-order chi connectivity index (χ0) is 5.40. The van der Waals surface area contributed by atoms with E-state index in [9.17, 15) is 0 Å². The molecule has 0 saturated carbocycles. The van der Waals surface area contributed by atoms with Crippen molar-refractivity contribution in [3.8, 4) is 0 Å². The van der Waals surface area contributed by atoms with Crippen molar-refractivity contribution in [1.82, 2.24) is 0 Å². The van der Waals surface area contributed by atoms with Crippen LogP contribution in [0.15, 0.2) is 34.8 Å². The highest BCUT2D eigenvalue weighted by Crippen LogP contribution is 2.37. The molecule has 0 saturated heterocycles. The zero-order valence-electron chi connectivity index (χ0n) is 4.29. The molecule has 2 aliphatic rings. The SMILES string of the molecule is [CH]1C=C2C=CC=C2S1. The van der Waals surface area contributed by atoms with Gasteiger partial charge in [0, 0.05) is 10.7 Å². The molecule has 1 aliphatic heterocycles. The molecule has 0 fully saturated rings. The lowest BCUT2D eigenvalue weighted by atomic mass is 10.3. The molecule has 2 rings (SSSR count). The minimum Gasteiger partial charge on any atom is -0.116 e. The largest absolute Gasteiger partial charge is 0.116 e. The monoisotopic (exact) mass is 121 g/mol. The van der Waals surface area contributed by atoms with E-state index in [0.717, 1.165) is 0 Å². The second-order valence-corrected chi connectivity index (χ2v) is 2.71. The Morgan fingerprint density at radius 2 is 2.25 bits per heavy atom. The number of thioether (sulfide) groups is 1. The van der Waals surface area contributed by atoms with Crippen molar-refractivity contribution in [2.75, 3.05) is 0 Å². The molecule has 0 aromatic rings. The summed E-state index contributed by atoms with van der Waals surface area (Å²) in [7, 11) is 0. The summed E-state index contributed by atoms with van der Waals surface area (Å²) in [6.07, 6.45) is 8.49. The maximum Gasteiger partial charge on any atom is 0.0441 e. The fraction of sp³-hybridized carbons (Fsp3) is 0. The van der Waals surface area contributed by atoms with Gasteiger partial charge in [0.15, 0.2) is 0 Å². The number of rotatable bonds is 0. The molecule has 0 aromatic carbocycles. The summed E-state index contributed by atoms with van der Waals surface area (Å²) in [5.74, 6) is 2.12. The van der Waals surface area contributed by atoms with Crippen LogP contribution < -0.4 is 0 Å². The minimum atomic E-state index is 1.37. The molecule has 0 spiro atoms. The molecule has 0 unspecified atom stereocenters. The van der Waals surface area contributed by atoms with E-state index in [-0.39, 0.29) is 0 Å². The molecule has 1 aliphatic carbocycles. The van der Waals surface area contributed by atoms with Crippen LogP contribution in [0.25, 0.3) is 0 Å². The van der Waals surface area contributed by atoms with Crippen molar-refractivity contribution >= 4 is 11.8 Å². The quantitative estimate of drug-likeness (QED) is 0.473. The highest BCUT2D eigenvalue weighted by molar-refractivity contribution is 8.05. The maximum atomic E-state index is 2.14. The topological polar surface area (TPSA) is 0 Å². The van der Waals surface area contributed by atoms with Gasteiger partial charge in [0.2, 0.25) is 0 Å². The number of fused-ring (bicyclic) bond motifs is 1.